The predicted molar refractivity (Wildman–Crippen MR) is 77.4 cm³/mol. The highest BCUT2D eigenvalue weighted by Gasteiger charge is 2.24. The lowest BCUT2D eigenvalue weighted by Gasteiger charge is -2.34. The topological polar surface area (TPSA) is 90.5 Å². The van der Waals surface area contributed by atoms with E-state index in [9.17, 15) is 14.9 Å². The van der Waals surface area contributed by atoms with E-state index in [4.69, 9.17) is 5.26 Å². The SMILES string of the molecule is CC(=O)c1ccc(N2CCN(CC#N)CC2)c([N+](=O)[O-])c1. The van der Waals surface area contributed by atoms with Crippen LogP contribution in [0.3, 0.4) is 0 Å². The van der Waals surface area contributed by atoms with Gasteiger partial charge in [-0.05, 0) is 19.1 Å². The Morgan fingerprint density at radius 1 is 1.38 bits per heavy atom. The number of hydrogen-bond acceptors (Lipinski definition) is 6. The van der Waals surface area contributed by atoms with Crippen LogP contribution in [0, 0.1) is 21.4 Å². The van der Waals surface area contributed by atoms with Crippen LogP contribution in [0.1, 0.15) is 17.3 Å². The zero-order chi connectivity index (χ0) is 15.4. The molecule has 0 bridgehead atoms. The first kappa shape index (κ1) is 14.9. The lowest BCUT2D eigenvalue weighted by molar-refractivity contribution is -0.384. The molecule has 0 aromatic heterocycles. The molecule has 0 aliphatic carbocycles. The van der Waals surface area contributed by atoms with Crippen molar-refractivity contribution in [3.63, 3.8) is 0 Å². The lowest BCUT2D eigenvalue weighted by Crippen LogP contribution is -2.46. The van der Waals surface area contributed by atoms with Gasteiger partial charge < -0.3 is 4.90 Å². The van der Waals surface area contributed by atoms with Crippen molar-refractivity contribution in [2.75, 3.05) is 37.6 Å². The second-order valence-electron chi connectivity index (χ2n) is 4.94. The van der Waals surface area contributed by atoms with Gasteiger partial charge in [-0.1, -0.05) is 0 Å². The third-order valence-electron chi connectivity index (χ3n) is 3.59. The molecule has 0 amide bonds. The van der Waals surface area contributed by atoms with Crippen LogP contribution in [0.5, 0.6) is 0 Å². The molecule has 110 valence electrons. The van der Waals surface area contributed by atoms with Crippen LogP contribution in [0.15, 0.2) is 18.2 Å². The summed E-state index contributed by atoms with van der Waals surface area (Å²) in [5, 5.41) is 19.9. The average Bonchev–Trinajstić information content (AvgIpc) is 2.47. The highest BCUT2D eigenvalue weighted by molar-refractivity contribution is 5.95. The molecule has 0 spiro atoms. The number of nitrogens with zero attached hydrogens (tertiary/aromatic N) is 4. The number of carbonyl (C=O) groups excluding carboxylic acids is 1. The van der Waals surface area contributed by atoms with Gasteiger partial charge in [0.05, 0.1) is 17.5 Å². The minimum atomic E-state index is -0.455. The summed E-state index contributed by atoms with van der Waals surface area (Å²) in [6.07, 6.45) is 0. The van der Waals surface area contributed by atoms with E-state index in [1.54, 1.807) is 12.1 Å². The number of hydrogen-bond donors (Lipinski definition) is 0. The van der Waals surface area contributed by atoms with E-state index in [0.29, 0.717) is 44.0 Å². The van der Waals surface area contributed by atoms with E-state index < -0.39 is 4.92 Å². The van der Waals surface area contributed by atoms with Crippen molar-refractivity contribution in [3.05, 3.63) is 33.9 Å². The number of piperazine rings is 1. The van der Waals surface area contributed by atoms with Gasteiger partial charge in [0.2, 0.25) is 0 Å². The molecule has 1 saturated heterocycles. The summed E-state index contributed by atoms with van der Waals surface area (Å²) < 4.78 is 0. The molecule has 0 unspecified atom stereocenters. The Kier molecular flexibility index (Phi) is 4.50. The molecule has 0 N–H and O–H groups in total. The van der Waals surface area contributed by atoms with Gasteiger partial charge in [-0.3, -0.25) is 19.8 Å². The molecule has 1 aliphatic rings. The first-order valence-electron chi connectivity index (χ1n) is 6.66. The van der Waals surface area contributed by atoms with E-state index in [-0.39, 0.29) is 11.5 Å². The van der Waals surface area contributed by atoms with Crippen molar-refractivity contribution in [1.29, 1.82) is 5.26 Å². The van der Waals surface area contributed by atoms with E-state index >= 15 is 0 Å². The first-order chi connectivity index (χ1) is 10.0. The van der Waals surface area contributed by atoms with Crippen LogP contribution in [0.25, 0.3) is 0 Å². The van der Waals surface area contributed by atoms with Gasteiger partial charge in [-0.25, -0.2) is 0 Å². The zero-order valence-corrected chi connectivity index (χ0v) is 11.8. The third-order valence-corrected chi connectivity index (χ3v) is 3.59. The summed E-state index contributed by atoms with van der Waals surface area (Å²) in [5.41, 5.74) is 0.826. The van der Waals surface area contributed by atoms with Crippen LogP contribution in [-0.4, -0.2) is 48.3 Å². The van der Waals surface area contributed by atoms with Gasteiger partial charge in [-0.15, -0.1) is 0 Å². The number of Topliss-reactive ketones (excluding diaryl/α,β-unsaturated/α-hetero) is 1. The maximum absolute atomic E-state index is 11.3. The minimum Gasteiger partial charge on any atom is -0.363 e. The van der Waals surface area contributed by atoms with E-state index in [0.717, 1.165) is 0 Å². The second-order valence-corrected chi connectivity index (χ2v) is 4.94. The summed E-state index contributed by atoms with van der Waals surface area (Å²) in [6.45, 7) is 4.40. The molecular formula is C14H16N4O3. The van der Waals surface area contributed by atoms with Crippen LogP contribution >= 0.6 is 0 Å². The molecule has 2 rings (SSSR count). The van der Waals surface area contributed by atoms with Crippen LogP contribution in [0.4, 0.5) is 11.4 Å². The Balaban J connectivity index is 2.22. The number of rotatable bonds is 4. The Hall–Kier alpha value is -2.46. The fourth-order valence-corrected chi connectivity index (χ4v) is 2.40. The summed E-state index contributed by atoms with van der Waals surface area (Å²) >= 11 is 0. The second kappa shape index (κ2) is 6.33. The molecule has 7 nitrogen and oxygen atoms in total. The number of nitriles is 1. The summed E-state index contributed by atoms with van der Waals surface area (Å²) in [5.74, 6) is -0.191. The number of benzene rings is 1. The summed E-state index contributed by atoms with van der Waals surface area (Å²) in [6, 6.07) is 6.69. The smallest absolute Gasteiger partial charge is 0.293 e. The minimum absolute atomic E-state index is 0.0450. The molecule has 21 heavy (non-hydrogen) atoms. The normalized spacial score (nSPS) is 15.5. The number of nitro benzene ring substituents is 1. The van der Waals surface area contributed by atoms with E-state index in [1.807, 2.05) is 9.80 Å². The van der Waals surface area contributed by atoms with Crippen molar-refractivity contribution < 1.29 is 9.72 Å². The van der Waals surface area contributed by atoms with Crippen molar-refractivity contribution in [2.24, 2.45) is 0 Å². The molecule has 1 aromatic rings. The highest BCUT2D eigenvalue weighted by atomic mass is 16.6. The third kappa shape index (κ3) is 3.35. The Labute approximate surface area is 122 Å². The molecular weight excluding hydrogens is 272 g/mol. The number of nitro groups is 1. The molecule has 7 heteroatoms. The maximum atomic E-state index is 11.3. The van der Waals surface area contributed by atoms with Crippen LogP contribution in [-0.2, 0) is 0 Å². The van der Waals surface area contributed by atoms with Crippen molar-refractivity contribution >= 4 is 17.2 Å². The lowest BCUT2D eigenvalue weighted by atomic mass is 10.1. The van der Waals surface area contributed by atoms with E-state index in [1.165, 1.54) is 13.0 Å². The molecule has 1 fully saturated rings. The average molecular weight is 288 g/mol. The Morgan fingerprint density at radius 2 is 2.05 bits per heavy atom. The summed E-state index contributed by atoms with van der Waals surface area (Å²) in [7, 11) is 0. The predicted octanol–water partition coefficient (Wildman–Crippen LogP) is 1.44. The fourth-order valence-electron chi connectivity index (χ4n) is 2.40. The summed E-state index contributed by atoms with van der Waals surface area (Å²) in [4.78, 5) is 26.0. The van der Waals surface area contributed by atoms with Gasteiger partial charge >= 0.3 is 0 Å². The van der Waals surface area contributed by atoms with Gasteiger partial charge in [0.15, 0.2) is 5.78 Å². The number of anilines is 1. The number of carbonyl (C=O) groups is 1. The monoisotopic (exact) mass is 288 g/mol. The fraction of sp³-hybridized carbons (Fsp3) is 0.429. The van der Waals surface area contributed by atoms with Crippen molar-refractivity contribution in [1.82, 2.24) is 4.90 Å². The van der Waals surface area contributed by atoms with Crippen LogP contribution in [0.2, 0.25) is 0 Å². The molecule has 0 saturated carbocycles. The van der Waals surface area contributed by atoms with Crippen molar-refractivity contribution in [2.45, 2.75) is 6.92 Å². The molecule has 1 heterocycles. The van der Waals surface area contributed by atoms with Gasteiger partial charge in [0.1, 0.15) is 5.69 Å². The molecule has 1 aromatic carbocycles. The maximum Gasteiger partial charge on any atom is 0.293 e. The molecule has 1 aliphatic heterocycles. The van der Waals surface area contributed by atoms with Gasteiger partial charge in [0, 0.05) is 37.8 Å². The zero-order valence-electron chi connectivity index (χ0n) is 11.8. The van der Waals surface area contributed by atoms with Gasteiger partial charge in [-0.2, -0.15) is 5.26 Å². The first-order valence-corrected chi connectivity index (χ1v) is 6.66. The molecule has 0 radical (unpaired) electrons. The quantitative estimate of drug-likeness (QED) is 0.360. The molecule has 0 atom stereocenters. The standard InChI is InChI=1S/C14H16N4O3/c1-11(19)12-2-3-13(14(10-12)18(20)21)17-8-6-16(5-4-15)7-9-17/h2-3,10H,5-9H2,1H3. The van der Waals surface area contributed by atoms with Crippen LogP contribution < -0.4 is 4.90 Å². The van der Waals surface area contributed by atoms with Gasteiger partial charge in [0.25, 0.3) is 5.69 Å². The van der Waals surface area contributed by atoms with E-state index in [2.05, 4.69) is 6.07 Å². The largest absolute Gasteiger partial charge is 0.363 e. The number of ketones is 1. The Morgan fingerprint density at radius 3 is 2.57 bits per heavy atom. The highest BCUT2D eigenvalue weighted by Crippen LogP contribution is 2.30. The van der Waals surface area contributed by atoms with Crippen molar-refractivity contribution in [3.8, 4) is 6.07 Å². The Bertz CT molecular complexity index is 601.